The van der Waals surface area contributed by atoms with Gasteiger partial charge in [0.1, 0.15) is 17.9 Å². The molecule has 0 spiro atoms. The second kappa shape index (κ2) is 22.0. The van der Waals surface area contributed by atoms with E-state index in [1.54, 1.807) is 0 Å². The van der Waals surface area contributed by atoms with Gasteiger partial charge in [-0.3, -0.25) is 4.79 Å². The highest BCUT2D eigenvalue weighted by Gasteiger charge is 2.35. The molecule has 1 N–H and O–H groups in total. The van der Waals surface area contributed by atoms with Crippen LogP contribution >= 0.6 is 0 Å². The van der Waals surface area contributed by atoms with E-state index in [-0.39, 0.29) is 42.8 Å². The molecule has 8 heteroatoms. The van der Waals surface area contributed by atoms with Crippen LogP contribution in [0.1, 0.15) is 133 Å². The van der Waals surface area contributed by atoms with E-state index in [0.717, 1.165) is 48.4 Å². The molecule has 49 heavy (non-hydrogen) atoms. The highest BCUT2D eigenvalue weighted by Crippen LogP contribution is 2.36. The molecule has 0 saturated heterocycles. The smallest absolute Gasteiger partial charge is 0.308 e. The maximum atomic E-state index is 11.1. The van der Waals surface area contributed by atoms with E-state index in [1.165, 1.54) is 24.0 Å². The van der Waals surface area contributed by atoms with Crippen molar-refractivity contribution >= 4 is 21.7 Å². The van der Waals surface area contributed by atoms with Gasteiger partial charge in [-0.05, 0) is 88.7 Å². The van der Waals surface area contributed by atoms with Crippen molar-refractivity contribution in [3.05, 3.63) is 72.8 Å². The third kappa shape index (κ3) is 16.5. The van der Waals surface area contributed by atoms with Gasteiger partial charge in [0.05, 0.1) is 11.2 Å². The minimum Gasteiger partial charge on any atom is -0.462 e. The van der Waals surface area contributed by atoms with Crippen LogP contribution in [0, 0.1) is 17.3 Å². The summed E-state index contributed by atoms with van der Waals surface area (Å²) in [5, 5.41) is 4.23. The third-order valence-electron chi connectivity index (χ3n) is 8.16. The number of sulfonamides is 1. The highest BCUT2D eigenvalue weighted by atomic mass is 32.2. The van der Waals surface area contributed by atoms with E-state index < -0.39 is 10.0 Å². The van der Waals surface area contributed by atoms with Crippen LogP contribution in [0.2, 0.25) is 0 Å². The van der Waals surface area contributed by atoms with Gasteiger partial charge in [-0.2, -0.15) is 0 Å². The summed E-state index contributed by atoms with van der Waals surface area (Å²) in [4.78, 5) is 16.5. The topological polar surface area (TPSA) is 94.1 Å². The molecule has 2 aromatic carbocycles. The Bertz CT molecular complexity index is 1330. The molecule has 2 saturated carbocycles. The Morgan fingerprint density at radius 1 is 0.796 bits per heavy atom. The first kappa shape index (κ1) is 46.0. The second-order valence-corrected chi connectivity index (χ2v) is 16.7. The SMILES string of the molecule is C.C=C.CC(C)C(=O)OC1CCCC1.CC(C)C(C)(C)C.CC(C)NS(=O)(=O)C1CC1.CC(C)ON=C1c2ccccc2-c2ccccc21. The molecule has 278 valence electrons. The molecule has 3 aliphatic rings. The van der Waals surface area contributed by atoms with E-state index in [9.17, 15) is 13.2 Å². The van der Waals surface area contributed by atoms with Crippen LogP contribution in [0.25, 0.3) is 11.1 Å². The first-order chi connectivity index (χ1) is 22.4. The molecule has 2 fully saturated rings. The third-order valence-corrected chi connectivity index (χ3v) is 10.3. The van der Waals surface area contributed by atoms with Gasteiger partial charge < -0.3 is 9.57 Å². The quantitative estimate of drug-likeness (QED) is 0.150. The van der Waals surface area contributed by atoms with Crippen LogP contribution in [0.15, 0.2) is 66.8 Å². The number of nitrogens with zero attached hydrogens (tertiary/aromatic N) is 1. The zero-order valence-corrected chi connectivity index (χ0v) is 32.5. The van der Waals surface area contributed by atoms with Gasteiger partial charge in [-0.25, -0.2) is 13.1 Å². The number of rotatable bonds is 7. The Kier molecular flexibility index (Phi) is 20.6. The molecule has 0 atom stereocenters. The van der Waals surface area contributed by atoms with Crippen molar-refractivity contribution in [2.45, 2.75) is 146 Å². The Morgan fingerprint density at radius 3 is 1.53 bits per heavy atom. The maximum Gasteiger partial charge on any atom is 0.308 e. The summed E-state index contributed by atoms with van der Waals surface area (Å²) in [5.74, 6) is 0.778. The van der Waals surface area contributed by atoms with E-state index >= 15 is 0 Å². The first-order valence-electron chi connectivity index (χ1n) is 17.6. The number of ether oxygens (including phenoxy) is 1. The van der Waals surface area contributed by atoms with Gasteiger partial charge in [-0.1, -0.05) is 110 Å². The largest absolute Gasteiger partial charge is 0.462 e. The average Bonchev–Trinajstić information content (AvgIpc) is 3.68. The van der Waals surface area contributed by atoms with E-state index in [0.29, 0.717) is 5.41 Å². The number of hydrogen-bond acceptors (Lipinski definition) is 6. The minimum absolute atomic E-state index is 0. The number of hydrogen-bond donors (Lipinski definition) is 1. The molecule has 5 rings (SSSR count). The summed E-state index contributed by atoms with van der Waals surface area (Å²) >= 11 is 0. The van der Waals surface area contributed by atoms with Gasteiger partial charge in [0.25, 0.3) is 0 Å². The van der Waals surface area contributed by atoms with E-state index in [1.807, 2.05) is 53.7 Å². The number of nitrogens with one attached hydrogen (secondary N) is 1. The molecular weight excluding hydrogens is 633 g/mol. The predicted octanol–water partition coefficient (Wildman–Crippen LogP) is 10.6. The molecule has 0 bridgehead atoms. The van der Waals surface area contributed by atoms with Crippen LogP contribution in [-0.2, 0) is 24.4 Å². The van der Waals surface area contributed by atoms with Crippen molar-refractivity contribution < 1.29 is 22.8 Å². The van der Waals surface area contributed by atoms with Crippen molar-refractivity contribution in [2.75, 3.05) is 0 Å². The number of carbonyl (C=O) groups excluding carboxylic acids is 1. The Labute approximate surface area is 300 Å². The number of benzene rings is 2. The van der Waals surface area contributed by atoms with Gasteiger partial charge in [0.2, 0.25) is 10.0 Å². The normalized spacial score (nSPS) is 14.8. The molecule has 2 aromatic rings. The number of fused-ring (bicyclic) bond motifs is 3. The van der Waals surface area contributed by atoms with Crippen LogP contribution in [0.3, 0.4) is 0 Å². The van der Waals surface area contributed by atoms with Gasteiger partial charge in [0.15, 0.2) is 0 Å². The summed E-state index contributed by atoms with van der Waals surface area (Å²) in [5.41, 5.74) is 6.21. The monoisotopic (exact) mass is 700 g/mol. The summed E-state index contributed by atoms with van der Waals surface area (Å²) < 4.78 is 30.0. The van der Waals surface area contributed by atoms with Crippen LogP contribution in [0.4, 0.5) is 0 Å². The van der Waals surface area contributed by atoms with Crippen molar-refractivity contribution in [2.24, 2.45) is 22.4 Å². The molecule has 0 radical (unpaired) electrons. The van der Waals surface area contributed by atoms with Gasteiger partial charge >= 0.3 is 5.97 Å². The summed E-state index contributed by atoms with van der Waals surface area (Å²) in [6.45, 7) is 28.7. The molecule has 7 nitrogen and oxygen atoms in total. The van der Waals surface area contributed by atoms with Crippen LogP contribution in [0.5, 0.6) is 0 Å². The summed E-state index contributed by atoms with van der Waals surface area (Å²) in [6.07, 6.45) is 6.56. The Morgan fingerprint density at radius 2 is 1.20 bits per heavy atom. The fraction of sp³-hybridized carbons (Fsp3) is 0.610. The van der Waals surface area contributed by atoms with Crippen molar-refractivity contribution in [1.82, 2.24) is 4.72 Å². The lowest BCUT2D eigenvalue weighted by molar-refractivity contribution is -0.152. The molecule has 0 aromatic heterocycles. The number of carbonyl (C=O) groups is 1. The fourth-order valence-corrected chi connectivity index (χ4v) is 5.97. The maximum absolute atomic E-state index is 11.1. The Balaban J connectivity index is 0.000000650. The van der Waals surface area contributed by atoms with E-state index in [2.05, 4.69) is 94.1 Å². The standard InChI is InChI=1S/C16H15NO.C9H16O2.C7H16.C6H13NO2S.C2H4.CH4/c1-11(2)18-17-16-14-9-5-3-7-12(14)13-8-4-6-10-15(13)16;1-7(2)9(10)11-8-5-3-4-6-8;1-6(2)7(3,4)5;1-5(2)7-10(8,9)6-3-4-6;1-2;/h3-11H,1-2H3;7-8H,3-6H2,1-2H3;6H,1-5H3;5-7H,3-4H2,1-2H3;1-2H2;1H4. The van der Waals surface area contributed by atoms with Gasteiger partial charge in [0, 0.05) is 17.2 Å². The average molecular weight is 701 g/mol. The lowest BCUT2D eigenvalue weighted by atomic mass is 9.84. The van der Waals surface area contributed by atoms with E-state index in [4.69, 9.17) is 9.57 Å². The van der Waals surface area contributed by atoms with Crippen molar-refractivity contribution in [1.29, 1.82) is 0 Å². The predicted molar refractivity (Wildman–Crippen MR) is 209 cm³/mol. The number of esters is 1. The highest BCUT2D eigenvalue weighted by molar-refractivity contribution is 7.90. The molecule has 0 unspecified atom stereocenters. The van der Waals surface area contributed by atoms with Crippen LogP contribution in [-0.4, -0.2) is 43.6 Å². The second-order valence-electron chi connectivity index (χ2n) is 14.7. The zero-order valence-electron chi connectivity index (χ0n) is 31.6. The molecule has 0 aliphatic heterocycles. The van der Waals surface area contributed by atoms with Crippen LogP contribution < -0.4 is 4.72 Å². The van der Waals surface area contributed by atoms with Gasteiger partial charge in [-0.15, -0.1) is 13.2 Å². The molecule has 3 aliphatic carbocycles. The number of oxime groups is 1. The van der Waals surface area contributed by atoms with Crippen molar-refractivity contribution in [3.8, 4) is 11.1 Å². The summed E-state index contributed by atoms with van der Waals surface area (Å²) in [7, 11) is -2.94. The lowest BCUT2D eigenvalue weighted by Gasteiger charge is -2.22. The fourth-order valence-electron chi connectivity index (χ4n) is 4.36. The lowest BCUT2D eigenvalue weighted by Crippen LogP contribution is -2.32. The summed E-state index contributed by atoms with van der Waals surface area (Å²) in [6, 6.07) is 16.7. The zero-order chi connectivity index (χ0) is 36.7. The molecule has 0 amide bonds. The molecule has 0 heterocycles. The minimum atomic E-state index is -2.94. The first-order valence-corrected chi connectivity index (χ1v) is 19.1. The Hall–Kier alpha value is -2.97. The van der Waals surface area contributed by atoms with Crippen molar-refractivity contribution in [3.63, 3.8) is 0 Å². The molecular formula is C41H68N2O5S.